The Balaban J connectivity index is 3.76. The smallest absolute Gasteiger partial charge is 0.211 e. The fourth-order valence-electron chi connectivity index (χ4n) is 0.740. The molecule has 0 aromatic heterocycles. The fourth-order valence-corrected chi connectivity index (χ4v) is 2.09. The number of hydrogen-bond donors (Lipinski definition) is 2. The summed E-state index contributed by atoms with van der Waals surface area (Å²) in [5.41, 5.74) is 0. The van der Waals surface area contributed by atoms with E-state index >= 15 is 0 Å². The Kier molecular flexibility index (Phi) is 6.28. The van der Waals surface area contributed by atoms with Gasteiger partial charge in [-0.15, -0.1) is 0 Å². The molecule has 0 heterocycles. The molecule has 0 aliphatic rings. The first-order valence-electron chi connectivity index (χ1n) is 4.60. The van der Waals surface area contributed by atoms with E-state index in [1.54, 1.807) is 6.92 Å². The van der Waals surface area contributed by atoms with Gasteiger partial charge in [0.05, 0.1) is 5.75 Å². The molecule has 0 spiro atoms. The number of unbranched alkanes of at least 4 members (excludes halogenated alkanes) is 1. The van der Waals surface area contributed by atoms with Gasteiger partial charge in [-0.2, -0.15) is 0 Å². The van der Waals surface area contributed by atoms with E-state index in [1.165, 1.54) is 0 Å². The van der Waals surface area contributed by atoms with Gasteiger partial charge in [0.1, 0.15) is 0 Å². The summed E-state index contributed by atoms with van der Waals surface area (Å²) < 4.78 is 24.9. The second-order valence-corrected chi connectivity index (χ2v) is 5.24. The van der Waals surface area contributed by atoms with Gasteiger partial charge in [0.2, 0.25) is 10.0 Å². The quantitative estimate of drug-likeness (QED) is 0.635. The molecule has 0 amide bonds. The molecule has 5 heteroatoms. The van der Waals surface area contributed by atoms with Crippen LogP contribution in [-0.2, 0) is 10.0 Å². The minimum Gasteiger partial charge on any atom is -0.396 e. The van der Waals surface area contributed by atoms with Crippen LogP contribution >= 0.6 is 0 Å². The summed E-state index contributed by atoms with van der Waals surface area (Å²) in [5.74, 6) is 0.165. The van der Waals surface area contributed by atoms with Crippen LogP contribution in [0.5, 0.6) is 0 Å². The van der Waals surface area contributed by atoms with Crippen molar-refractivity contribution < 1.29 is 13.5 Å². The van der Waals surface area contributed by atoms with Gasteiger partial charge < -0.3 is 5.11 Å². The summed E-state index contributed by atoms with van der Waals surface area (Å²) in [4.78, 5) is 0. The van der Waals surface area contributed by atoms with Gasteiger partial charge in [-0.25, -0.2) is 13.1 Å². The minimum atomic E-state index is -3.11. The lowest BCUT2D eigenvalue weighted by Gasteiger charge is -2.09. The number of aliphatic hydroxyl groups excluding tert-OH is 1. The van der Waals surface area contributed by atoms with E-state index in [0.29, 0.717) is 13.0 Å². The van der Waals surface area contributed by atoms with Crippen LogP contribution in [-0.4, -0.2) is 32.4 Å². The van der Waals surface area contributed by atoms with Crippen molar-refractivity contribution in [3.8, 4) is 0 Å². The molecule has 2 N–H and O–H groups in total. The zero-order valence-electron chi connectivity index (χ0n) is 8.28. The SMILES string of the molecule is CCCCS(=O)(=O)NCC(C)CO. The molecule has 0 saturated heterocycles. The lowest BCUT2D eigenvalue weighted by atomic mass is 10.2. The molecule has 4 nitrogen and oxygen atoms in total. The van der Waals surface area contributed by atoms with E-state index in [9.17, 15) is 8.42 Å². The molecule has 0 aromatic rings. The Bertz CT molecular complexity index is 213. The van der Waals surface area contributed by atoms with Gasteiger partial charge in [0.15, 0.2) is 0 Å². The highest BCUT2D eigenvalue weighted by molar-refractivity contribution is 7.89. The molecule has 0 bridgehead atoms. The predicted octanol–water partition coefficient (Wildman–Crippen LogP) is 0.334. The van der Waals surface area contributed by atoms with E-state index < -0.39 is 10.0 Å². The van der Waals surface area contributed by atoms with Gasteiger partial charge in [-0.05, 0) is 12.3 Å². The normalized spacial score (nSPS) is 14.4. The summed E-state index contributed by atoms with van der Waals surface area (Å²) in [7, 11) is -3.11. The monoisotopic (exact) mass is 209 g/mol. The third-order valence-electron chi connectivity index (χ3n) is 1.73. The van der Waals surface area contributed by atoms with Crippen LogP contribution in [0.15, 0.2) is 0 Å². The standard InChI is InChI=1S/C8H19NO3S/c1-3-4-5-13(11,12)9-6-8(2)7-10/h8-10H,3-7H2,1-2H3. The number of aliphatic hydroxyl groups is 1. The highest BCUT2D eigenvalue weighted by Gasteiger charge is 2.10. The van der Waals surface area contributed by atoms with Crippen molar-refractivity contribution in [2.45, 2.75) is 26.7 Å². The first kappa shape index (κ1) is 12.9. The molecule has 0 aromatic carbocycles. The maximum absolute atomic E-state index is 11.2. The van der Waals surface area contributed by atoms with Crippen molar-refractivity contribution in [3.05, 3.63) is 0 Å². The predicted molar refractivity (Wildman–Crippen MR) is 52.9 cm³/mol. The van der Waals surface area contributed by atoms with E-state index in [2.05, 4.69) is 4.72 Å². The summed E-state index contributed by atoms with van der Waals surface area (Å²) in [5, 5.41) is 8.67. The highest BCUT2D eigenvalue weighted by atomic mass is 32.2. The first-order valence-corrected chi connectivity index (χ1v) is 6.25. The molecule has 0 radical (unpaired) electrons. The van der Waals surface area contributed by atoms with Crippen molar-refractivity contribution >= 4 is 10.0 Å². The van der Waals surface area contributed by atoms with Crippen LogP contribution < -0.4 is 4.72 Å². The molecule has 0 fully saturated rings. The van der Waals surface area contributed by atoms with E-state index in [1.807, 2.05) is 6.92 Å². The topological polar surface area (TPSA) is 66.4 Å². The van der Waals surface area contributed by atoms with Gasteiger partial charge in [-0.3, -0.25) is 0 Å². The molecule has 13 heavy (non-hydrogen) atoms. The zero-order valence-corrected chi connectivity index (χ0v) is 9.10. The van der Waals surface area contributed by atoms with Crippen molar-refractivity contribution in [3.63, 3.8) is 0 Å². The summed E-state index contributed by atoms with van der Waals surface area (Å²) in [6, 6.07) is 0. The summed E-state index contributed by atoms with van der Waals surface area (Å²) >= 11 is 0. The Morgan fingerprint density at radius 1 is 1.46 bits per heavy atom. The van der Waals surface area contributed by atoms with Crippen LogP contribution in [0.25, 0.3) is 0 Å². The van der Waals surface area contributed by atoms with Crippen LogP contribution in [0.2, 0.25) is 0 Å². The van der Waals surface area contributed by atoms with Crippen LogP contribution in [0.1, 0.15) is 26.7 Å². The van der Waals surface area contributed by atoms with Crippen molar-refractivity contribution in [2.75, 3.05) is 18.9 Å². The average Bonchev–Trinajstić information content (AvgIpc) is 2.11. The maximum Gasteiger partial charge on any atom is 0.211 e. The minimum absolute atomic E-state index is 0.0102. The molecular weight excluding hydrogens is 190 g/mol. The molecule has 1 unspecified atom stereocenters. The Morgan fingerprint density at radius 2 is 2.08 bits per heavy atom. The largest absolute Gasteiger partial charge is 0.396 e. The van der Waals surface area contributed by atoms with Gasteiger partial charge in [-0.1, -0.05) is 20.3 Å². The molecule has 0 aliphatic carbocycles. The zero-order chi connectivity index (χ0) is 10.3. The lowest BCUT2D eigenvalue weighted by Crippen LogP contribution is -2.31. The number of hydrogen-bond acceptors (Lipinski definition) is 3. The first-order chi connectivity index (χ1) is 6.02. The number of rotatable bonds is 7. The van der Waals surface area contributed by atoms with Crippen LogP contribution in [0.3, 0.4) is 0 Å². The Labute approximate surface area is 80.4 Å². The van der Waals surface area contributed by atoms with E-state index in [4.69, 9.17) is 5.11 Å². The molecule has 80 valence electrons. The summed E-state index contributed by atoms with van der Waals surface area (Å²) in [6.45, 7) is 4.08. The molecular formula is C8H19NO3S. The second kappa shape index (κ2) is 6.34. The Morgan fingerprint density at radius 3 is 2.54 bits per heavy atom. The molecule has 0 rings (SSSR count). The van der Waals surface area contributed by atoms with Crippen molar-refractivity contribution in [1.29, 1.82) is 0 Å². The van der Waals surface area contributed by atoms with E-state index in [-0.39, 0.29) is 18.3 Å². The van der Waals surface area contributed by atoms with Gasteiger partial charge >= 0.3 is 0 Å². The average molecular weight is 209 g/mol. The molecule has 1 atom stereocenters. The van der Waals surface area contributed by atoms with Crippen LogP contribution in [0.4, 0.5) is 0 Å². The Hall–Kier alpha value is -0.130. The van der Waals surface area contributed by atoms with Gasteiger partial charge in [0, 0.05) is 13.2 Å². The lowest BCUT2D eigenvalue weighted by molar-refractivity contribution is 0.238. The molecule has 0 saturated carbocycles. The number of sulfonamides is 1. The van der Waals surface area contributed by atoms with Crippen molar-refractivity contribution in [2.24, 2.45) is 5.92 Å². The third-order valence-corrected chi connectivity index (χ3v) is 3.16. The number of nitrogens with one attached hydrogen (secondary N) is 1. The van der Waals surface area contributed by atoms with Crippen LogP contribution in [0, 0.1) is 5.92 Å². The maximum atomic E-state index is 11.2. The van der Waals surface area contributed by atoms with Gasteiger partial charge in [0.25, 0.3) is 0 Å². The summed E-state index contributed by atoms with van der Waals surface area (Å²) in [6.07, 6.45) is 1.55. The van der Waals surface area contributed by atoms with E-state index in [0.717, 1.165) is 6.42 Å². The molecule has 0 aliphatic heterocycles. The second-order valence-electron chi connectivity index (χ2n) is 3.31. The van der Waals surface area contributed by atoms with Crippen molar-refractivity contribution in [1.82, 2.24) is 4.72 Å². The highest BCUT2D eigenvalue weighted by Crippen LogP contribution is 1.96. The fraction of sp³-hybridized carbons (Fsp3) is 1.00. The third kappa shape index (κ3) is 6.98.